The van der Waals surface area contributed by atoms with Crippen LogP contribution in [0, 0.1) is 0 Å². The van der Waals surface area contributed by atoms with Crippen LogP contribution < -0.4 is 5.32 Å². The summed E-state index contributed by atoms with van der Waals surface area (Å²) in [4.78, 5) is 41.4. The summed E-state index contributed by atoms with van der Waals surface area (Å²) >= 11 is 2.59. The van der Waals surface area contributed by atoms with E-state index in [1.165, 1.54) is 29.2 Å². The lowest BCUT2D eigenvalue weighted by atomic mass is 10.2. The quantitative estimate of drug-likeness (QED) is 0.769. The average molecular weight is 369 g/mol. The number of carbonyl (C=O) groups is 3. The molecule has 24 heavy (non-hydrogen) atoms. The number of likely N-dealkylation sites (tertiary alicyclic amines) is 1. The lowest BCUT2D eigenvalue weighted by molar-refractivity contribution is -0.125. The Labute approximate surface area is 148 Å². The highest BCUT2D eigenvalue weighted by atomic mass is 32.2. The summed E-state index contributed by atoms with van der Waals surface area (Å²) in [6.45, 7) is 5.66. The molecule has 7 nitrogen and oxygen atoms in total. The fourth-order valence-electron chi connectivity index (χ4n) is 2.40. The van der Waals surface area contributed by atoms with Gasteiger partial charge < -0.3 is 10.1 Å². The van der Waals surface area contributed by atoms with Crippen LogP contribution in [0.4, 0.5) is 4.79 Å². The molecule has 0 spiro atoms. The van der Waals surface area contributed by atoms with E-state index < -0.39 is 12.1 Å². The zero-order valence-corrected chi connectivity index (χ0v) is 14.9. The van der Waals surface area contributed by atoms with E-state index in [1.54, 1.807) is 6.20 Å². The van der Waals surface area contributed by atoms with Crippen molar-refractivity contribution in [2.75, 3.05) is 13.2 Å². The van der Waals surface area contributed by atoms with E-state index >= 15 is 0 Å². The van der Waals surface area contributed by atoms with Crippen molar-refractivity contribution in [1.82, 2.24) is 15.2 Å². The molecule has 0 saturated carbocycles. The number of nitrogens with one attached hydrogen (secondary N) is 1. The molecule has 1 aliphatic rings. The second kappa shape index (κ2) is 8.84. The molecule has 2 rings (SSSR count). The van der Waals surface area contributed by atoms with Gasteiger partial charge in [-0.1, -0.05) is 24.4 Å². The van der Waals surface area contributed by atoms with Crippen molar-refractivity contribution in [2.24, 2.45) is 0 Å². The van der Waals surface area contributed by atoms with Gasteiger partial charge in [0, 0.05) is 30.3 Å². The van der Waals surface area contributed by atoms with E-state index in [1.807, 2.05) is 5.38 Å². The molecule has 2 amide bonds. The molecule has 0 radical (unpaired) electrons. The van der Waals surface area contributed by atoms with Crippen LogP contribution in [0.1, 0.15) is 18.4 Å². The highest BCUT2D eigenvalue weighted by Gasteiger charge is 2.41. The topological polar surface area (TPSA) is 88.6 Å². The van der Waals surface area contributed by atoms with Gasteiger partial charge >= 0.3 is 6.09 Å². The maximum atomic E-state index is 12.5. The van der Waals surface area contributed by atoms with E-state index in [-0.39, 0.29) is 22.9 Å². The largest absolute Gasteiger partial charge is 0.445 e. The molecule has 0 unspecified atom stereocenters. The number of amides is 2. The van der Waals surface area contributed by atoms with Crippen molar-refractivity contribution in [3.63, 3.8) is 0 Å². The van der Waals surface area contributed by atoms with Crippen LogP contribution >= 0.6 is 23.1 Å². The SMILES string of the molecule is C=CCOC(=O)N1C[C@@H](SC(C)=O)C[C@H]1C(=O)NCc1nccs1. The maximum Gasteiger partial charge on any atom is 0.410 e. The van der Waals surface area contributed by atoms with Crippen molar-refractivity contribution in [1.29, 1.82) is 0 Å². The monoisotopic (exact) mass is 369 g/mol. The molecule has 1 fully saturated rings. The highest BCUT2D eigenvalue weighted by molar-refractivity contribution is 8.14. The van der Waals surface area contributed by atoms with Crippen LogP contribution in [-0.2, 0) is 20.9 Å². The molecular weight excluding hydrogens is 350 g/mol. The van der Waals surface area contributed by atoms with Gasteiger partial charge in [-0.2, -0.15) is 0 Å². The number of hydrogen-bond donors (Lipinski definition) is 1. The Morgan fingerprint density at radius 1 is 1.58 bits per heavy atom. The van der Waals surface area contributed by atoms with Crippen molar-refractivity contribution >= 4 is 40.2 Å². The minimum Gasteiger partial charge on any atom is -0.445 e. The third kappa shape index (κ3) is 5.07. The molecule has 0 bridgehead atoms. The summed E-state index contributed by atoms with van der Waals surface area (Å²) in [5.74, 6) is -0.271. The van der Waals surface area contributed by atoms with E-state index in [0.717, 1.165) is 16.8 Å². The zero-order valence-electron chi connectivity index (χ0n) is 13.3. The van der Waals surface area contributed by atoms with E-state index in [0.29, 0.717) is 19.5 Å². The molecule has 1 saturated heterocycles. The second-order valence-electron chi connectivity index (χ2n) is 5.14. The van der Waals surface area contributed by atoms with E-state index in [4.69, 9.17) is 4.74 Å². The van der Waals surface area contributed by atoms with Gasteiger partial charge in [0.15, 0.2) is 5.12 Å². The Balaban J connectivity index is 2.00. The molecule has 130 valence electrons. The zero-order chi connectivity index (χ0) is 17.5. The van der Waals surface area contributed by atoms with Gasteiger partial charge in [0.05, 0.1) is 6.54 Å². The van der Waals surface area contributed by atoms with Crippen molar-refractivity contribution in [3.05, 3.63) is 29.2 Å². The normalized spacial score (nSPS) is 19.8. The standard InChI is InChI=1S/C15H19N3O4S2/c1-3-5-22-15(21)18-9-11(24-10(2)19)7-12(18)14(20)17-8-13-16-4-6-23-13/h3-4,6,11-12H,1,5,7-9H2,2H3,(H,17,20)/t11-,12-/m0/s1. The molecule has 0 aromatic carbocycles. The highest BCUT2D eigenvalue weighted by Crippen LogP contribution is 2.29. The van der Waals surface area contributed by atoms with Gasteiger partial charge in [0.1, 0.15) is 17.7 Å². The van der Waals surface area contributed by atoms with Crippen LogP contribution in [-0.4, -0.2) is 51.4 Å². The Bertz CT molecular complexity index is 606. The fourth-order valence-corrected chi connectivity index (χ4v) is 3.94. The number of hydrogen-bond acceptors (Lipinski definition) is 7. The lowest BCUT2D eigenvalue weighted by Crippen LogP contribution is -2.46. The van der Waals surface area contributed by atoms with Gasteiger partial charge in [-0.3, -0.25) is 14.5 Å². The first-order valence-electron chi connectivity index (χ1n) is 7.39. The third-order valence-corrected chi connectivity index (χ3v) is 5.14. The van der Waals surface area contributed by atoms with Gasteiger partial charge in [0.25, 0.3) is 0 Å². The summed E-state index contributed by atoms with van der Waals surface area (Å²) in [6.07, 6.45) is 2.97. The smallest absolute Gasteiger partial charge is 0.410 e. The van der Waals surface area contributed by atoms with E-state index in [9.17, 15) is 14.4 Å². The Morgan fingerprint density at radius 2 is 2.38 bits per heavy atom. The first kappa shape index (κ1) is 18.5. The van der Waals surface area contributed by atoms with Gasteiger partial charge in [0.2, 0.25) is 5.91 Å². The van der Waals surface area contributed by atoms with Crippen molar-refractivity contribution in [2.45, 2.75) is 31.2 Å². The fraction of sp³-hybridized carbons (Fsp3) is 0.467. The number of aromatic nitrogens is 1. The minimum atomic E-state index is -0.654. The predicted molar refractivity (Wildman–Crippen MR) is 92.7 cm³/mol. The molecule has 1 N–H and O–H groups in total. The molecular formula is C15H19N3O4S2. The lowest BCUT2D eigenvalue weighted by Gasteiger charge is -2.22. The molecule has 0 aliphatic carbocycles. The summed E-state index contributed by atoms with van der Waals surface area (Å²) in [6, 6.07) is -0.654. The van der Waals surface area contributed by atoms with Gasteiger partial charge in [-0.15, -0.1) is 11.3 Å². The molecule has 1 aromatic rings. The molecule has 1 aliphatic heterocycles. The van der Waals surface area contributed by atoms with Crippen molar-refractivity contribution in [3.8, 4) is 0 Å². The van der Waals surface area contributed by atoms with Crippen LogP contribution in [0.25, 0.3) is 0 Å². The Kier molecular flexibility index (Phi) is 6.80. The number of thioether (sulfide) groups is 1. The molecule has 2 atom stereocenters. The summed E-state index contributed by atoms with van der Waals surface area (Å²) in [7, 11) is 0. The Hall–Kier alpha value is -1.87. The summed E-state index contributed by atoms with van der Waals surface area (Å²) in [5, 5.41) is 5.25. The summed E-state index contributed by atoms with van der Waals surface area (Å²) in [5.41, 5.74) is 0. The average Bonchev–Trinajstić information content (AvgIpc) is 3.19. The van der Waals surface area contributed by atoms with Crippen LogP contribution in [0.3, 0.4) is 0 Å². The summed E-state index contributed by atoms with van der Waals surface area (Å²) < 4.78 is 5.04. The first-order chi connectivity index (χ1) is 11.5. The van der Waals surface area contributed by atoms with Crippen LogP contribution in [0.15, 0.2) is 24.2 Å². The number of ether oxygens (including phenoxy) is 1. The molecule has 9 heteroatoms. The van der Waals surface area contributed by atoms with Gasteiger partial charge in [-0.25, -0.2) is 9.78 Å². The van der Waals surface area contributed by atoms with Crippen LogP contribution in [0.2, 0.25) is 0 Å². The minimum absolute atomic E-state index is 0.0387. The van der Waals surface area contributed by atoms with Gasteiger partial charge in [-0.05, 0) is 6.42 Å². The Morgan fingerprint density at radius 3 is 3.00 bits per heavy atom. The predicted octanol–water partition coefficient (Wildman–Crippen LogP) is 1.80. The van der Waals surface area contributed by atoms with Crippen molar-refractivity contribution < 1.29 is 19.1 Å². The third-order valence-electron chi connectivity index (χ3n) is 3.35. The van der Waals surface area contributed by atoms with E-state index in [2.05, 4.69) is 16.9 Å². The van der Waals surface area contributed by atoms with Crippen LogP contribution in [0.5, 0.6) is 0 Å². The number of nitrogens with zero attached hydrogens (tertiary/aromatic N) is 2. The number of carbonyl (C=O) groups excluding carboxylic acids is 3. The molecule has 1 aromatic heterocycles. The molecule has 2 heterocycles. The first-order valence-corrected chi connectivity index (χ1v) is 9.14. The second-order valence-corrected chi connectivity index (χ2v) is 7.60. The number of rotatable bonds is 6. The number of thiazole rings is 1. The maximum absolute atomic E-state index is 12.5.